The highest BCUT2D eigenvalue weighted by molar-refractivity contribution is 5.08. The summed E-state index contributed by atoms with van der Waals surface area (Å²) < 4.78 is 0. The molecule has 0 aromatic carbocycles. The smallest absolute Gasteiger partial charge is 0.0908 e. The van der Waals surface area contributed by atoms with E-state index in [1.165, 1.54) is 19.3 Å². The fraction of sp³-hybridized carbons (Fsp3) is 0.750. The Kier molecular flexibility index (Phi) is 3.14. The standard InChI is InChI=1S/C12H19N/c1-10-6-4-8-12(2,3)11(10)7-5-9-13/h5,7,10-11H,4,6,8H2,1-3H3/b7-5+. The summed E-state index contributed by atoms with van der Waals surface area (Å²) in [5.74, 6) is 1.31. The van der Waals surface area contributed by atoms with E-state index in [4.69, 9.17) is 5.26 Å². The summed E-state index contributed by atoms with van der Waals surface area (Å²) in [5.41, 5.74) is 0.380. The monoisotopic (exact) mass is 177 g/mol. The number of rotatable bonds is 1. The summed E-state index contributed by atoms with van der Waals surface area (Å²) in [4.78, 5) is 0. The van der Waals surface area contributed by atoms with Gasteiger partial charge in [0.25, 0.3) is 0 Å². The van der Waals surface area contributed by atoms with Crippen LogP contribution >= 0.6 is 0 Å². The van der Waals surface area contributed by atoms with Gasteiger partial charge < -0.3 is 0 Å². The van der Waals surface area contributed by atoms with Crippen LogP contribution in [0.15, 0.2) is 12.2 Å². The zero-order valence-corrected chi connectivity index (χ0v) is 8.88. The molecule has 0 heterocycles. The third kappa shape index (κ3) is 2.34. The molecule has 2 unspecified atom stereocenters. The van der Waals surface area contributed by atoms with Crippen LogP contribution < -0.4 is 0 Å². The first-order chi connectivity index (χ1) is 6.08. The van der Waals surface area contributed by atoms with Crippen molar-refractivity contribution >= 4 is 0 Å². The Hall–Kier alpha value is -0.770. The maximum Gasteiger partial charge on any atom is 0.0908 e. The quantitative estimate of drug-likeness (QED) is 0.562. The van der Waals surface area contributed by atoms with Gasteiger partial charge in [0.2, 0.25) is 0 Å². The Bertz CT molecular complexity index is 232. The average molecular weight is 177 g/mol. The number of hydrogen-bond donors (Lipinski definition) is 0. The summed E-state index contributed by atoms with van der Waals surface area (Å²) in [6, 6.07) is 2.09. The molecule has 0 saturated heterocycles. The van der Waals surface area contributed by atoms with E-state index < -0.39 is 0 Å². The predicted molar refractivity (Wildman–Crippen MR) is 55.0 cm³/mol. The van der Waals surface area contributed by atoms with Gasteiger partial charge in [0, 0.05) is 6.08 Å². The molecule has 0 radical (unpaired) electrons. The van der Waals surface area contributed by atoms with Crippen molar-refractivity contribution in [2.75, 3.05) is 0 Å². The zero-order valence-electron chi connectivity index (χ0n) is 8.88. The molecule has 1 aliphatic carbocycles. The van der Waals surface area contributed by atoms with Crippen molar-refractivity contribution < 1.29 is 0 Å². The third-order valence-electron chi connectivity index (χ3n) is 3.37. The third-order valence-corrected chi connectivity index (χ3v) is 3.37. The fourth-order valence-electron chi connectivity index (χ4n) is 2.59. The van der Waals surface area contributed by atoms with Gasteiger partial charge in [0.1, 0.15) is 0 Å². The van der Waals surface area contributed by atoms with Crippen molar-refractivity contribution in [1.82, 2.24) is 0 Å². The van der Waals surface area contributed by atoms with E-state index in [9.17, 15) is 0 Å². The van der Waals surface area contributed by atoms with Crippen molar-refractivity contribution in [3.63, 3.8) is 0 Å². The molecule has 72 valence electrons. The van der Waals surface area contributed by atoms with E-state index in [-0.39, 0.29) is 0 Å². The van der Waals surface area contributed by atoms with Gasteiger partial charge in [-0.25, -0.2) is 0 Å². The molecule has 1 nitrogen and oxygen atoms in total. The van der Waals surface area contributed by atoms with Gasteiger partial charge in [0.15, 0.2) is 0 Å². The van der Waals surface area contributed by atoms with Crippen LogP contribution in [0.5, 0.6) is 0 Å². The molecular weight excluding hydrogens is 158 g/mol. The Morgan fingerprint density at radius 3 is 2.69 bits per heavy atom. The molecular formula is C12H19N. The van der Waals surface area contributed by atoms with Gasteiger partial charge >= 0.3 is 0 Å². The minimum atomic E-state index is 0.380. The number of nitriles is 1. The van der Waals surface area contributed by atoms with E-state index in [0.717, 1.165) is 5.92 Å². The van der Waals surface area contributed by atoms with Gasteiger partial charge in [-0.1, -0.05) is 39.7 Å². The molecule has 0 N–H and O–H groups in total. The van der Waals surface area contributed by atoms with E-state index in [1.807, 2.05) is 0 Å². The first-order valence-corrected chi connectivity index (χ1v) is 5.14. The molecule has 1 fully saturated rings. The molecule has 13 heavy (non-hydrogen) atoms. The molecule has 0 aromatic heterocycles. The molecule has 1 aliphatic rings. The molecule has 0 spiro atoms. The lowest BCUT2D eigenvalue weighted by atomic mass is 9.64. The summed E-state index contributed by atoms with van der Waals surface area (Å²) >= 11 is 0. The van der Waals surface area contributed by atoms with Crippen molar-refractivity contribution in [2.24, 2.45) is 17.3 Å². The van der Waals surface area contributed by atoms with Crippen LogP contribution in [-0.4, -0.2) is 0 Å². The lowest BCUT2D eigenvalue weighted by Gasteiger charge is -2.41. The Morgan fingerprint density at radius 1 is 1.46 bits per heavy atom. The van der Waals surface area contributed by atoms with Gasteiger partial charge in [-0.3, -0.25) is 0 Å². The van der Waals surface area contributed by atoms with Crippen LogP contribution in [0, 0.1) is 28.6 Å². The normalized spacial score (nSPS) is 33.1. The van der Waals surface area contributed by atoms with E-state index in [1.54, 1.807) is 6.08 Å². The second kappa shape index (κ2) is 3.96. The topological polar surface area (TPSA) is 23.8 Å². The van der Waals surface area contributed by atoms with Crippen molar-refractivity contribution in [2.45, 2.75) is 40.0 Å². The maximum absolute atomic E-state index is 8.52. The first kappa shape index (κ1) is 10.3. The second-order valence-corrected chi connectivity index (χ2v) is 4.87. The van der Waals surface area contributed by atoms with Gasteiger partial charge in [0.05, 0.1) is 6.07 Å². The van der Waals surface area contributed by atoms with Crippen LogP contribution in [0.2, 0.25) is 0 Å². The molecule has 1 saturated carbocycles. The molecule has 0 aromatic rings. The van der Waals surface area contributed by atoms with Crippen LogP contribution in [0.4, 0.5) is 0 Å². The summed E-state index contributed by atoms with van der Waals surface area (Å²) in [6.07, 6.45) is 7.69. The first-order valence-electron chi connectivity index (χ1n) is 5.14. The van der Waals surface area contributed by atoms with E-state index in [0.29, 0.717) is 11.3 Å². The van der Waals surface area contributed by atoms with Crippen molar-refractivity contribution in [3.05, 3.63) is 12.2 Å². The maximum atomic E-state index is 8.52. The largest absolute Gasteiger partial charge is 0.193 e. The molecule has 0 aliphatic heterocycles. The Labute approximate surface area is 81.5 Å². The van der Waals surface area contributed by atoms with Gasteiger partial charge in [-0.2, -0.15) is 5.26 Å². The summed E-state index contributed by atoms with van der Waals surface area (Å²) in [6.45, 7) is 6.93. The Morgan fingerprint density at radius 2 is 2.15 bits per heavy atom. The number of hydrogen-bond acceptors (Lipinski definition) is 1. The van der Waals surface area contributed by atoms with Crippen LogP contribution in [-0.2, 0) is 0 Å². The van der Waals surface area contributed by atoms with E-state index >= 15 is 0 Å². The highest BCUT2D eigenvalue weighted by Crippen LogP contribution is 2.44. The minimum Gasteiger partial charge on any atom is -0.193 e. The minimum absolute atomic E-state index is 0.380. The van der Waals surface area contributed by atoms with Crippen LogP contribution in [0.25, 0.3) is 0 Å². The van der Waals surface area contributed by atoms with Gasteiger partial charge in [-0.05, 0) is 23.7 Å². The molecule has 0 bridgehead atoms. The van der Waals surface area contributed by atoms with Gasteiger partial charge in [-0.15, -0.1) is 0 Å². The molecule has 2 atom stereocenters. The highest BCUT2D eigenvalue weighted by atomic mass is 14.4. The predicted octanol–water partition coefficient (Wildman–Crippen LogP) is 3.53. The fourth-order valence-corrected chi connectivity index (χ4v) is 2.59. The Balaban J connectivity index is 2.76. The molecule has 0 amide bonds. The second-order valence-electron chi connectivity index (χ2n) is 4.87. The number of allylic oxidation sites excluding steroid dienone is 2. The average Bonchev–Trinajstić information content (AvgIpc) is 2.02. The zero-order chi connectivity index (χ0) is 9.90. The van der Waals surface area contributed by atoms with Crippen molar-refractivity contribution in [3.8, 4) is 6.07 Å². The lowest BCUT2D eigenvalue weighted by Crippen LogP contribution is -2.32. The lowest BCUT2D eigenvalue weighted by molar-refractivity contribution is 0.123. The summed E-state index contributed by atoms with van der Waals surface area (Å²) in [5, 5.41) is 8.52. The SMILES string of the molecule is CC1CCCC(C)(C)C1/C=C/C#N. The van der Waals surface area contributed by atoms with Crippen LogP contribution in [0.1, 0.15) is 40.0 Å². The van der Waals surface area contributed by atoms with E-state index in [2.05, 4.69) is 32.9 Å². The summed E-state index contributed by atoms with van der Waals surface area (Å²) in [7, 11) is 0. The number of nitrogens with zero attached hydrogens (tertiary/aromatic N) is 1. The van der Waals surface area contributed by atoms with Crippen molar-refractivity contribution in [1.29, 1.82) is 5.26 Å². The van der Waals surface area contributed by atoms with Crippen LogP contribution in [0.3, 0.4) is 0 Å². The highest BCUT2D eigenvalue weighted by Gasteiger charge is 2.34. The molecule has 1 rings (SSSR count). The molecule has 1 heteroatoms.